The highest BCUT2D eigenvalue weighted by Gasteiger charge is 2.09. The minimum atomic E-state index is 0.415. The Bertz CT molecular complexity index is 1070. The van der Waals surface area contributed by atoms with E-state index in [4.69, 9.17) is 6.57 Å². The summed E-state index contributed by atoms with van der Waals surface area (Å²) in [7, 11) is 0. The van der Waals surface area contributed by atoms with Crippen LogP contribution in [0.1, 0.15) is 5.56 Å². The van der Waals surface area contributed by atoms with Gasteiger partial charge in [-0.25, -0.2) is 19.8 Å². The Morgan fingerprint density at radius 3 is 2.65 bits per heavy atom. The Balaban J connectivity index is 1.60. The van der Waals surface area contributed by atoms with Crippen molar-refractivity contribution in [3.63, 3.8) is 0 Å². The van der Waals surface area contributed by atoms with E-state index in [1.807, 2.05) is 30.3 Å². The quantitative estimate of drug-likeness (QED) is 0.391. The molecular weight excluding hydrogens is 344 g/mol. The van der Waals surface area contributed by atoms with Crippen molar-refractivity contribution in [2.75, 3.05) is 5.32 Å². The van der Waals surface area contributed by atoms with Gasteiger partial charge >= 0.3 is 0 Å². The summed E-state index contributed by atoms with van der Waals surface area (Å²) in [6.45, 7) is 6.96. The maximum atomic E-state index is 6.96. The third kappa shape index (κ3) is 3.50. The van der Waals surface area contributed by atoms with Gasteiger partial charge in [0.25, 0.3) is 0 Å². The number of hydrogen-bond donors (Lipinski definition) is 2. The summed E-state index contributed by atoms with van der Waals surface area (Å²) in [5.41, 5.74) is 4.44. The van der Waals surface area contributed by atoms with E-state index in [0.717, 1.165) is 27.4 Å². The number of nitrogens with zero attached hydrogens (tertiary/aromatic N) is 4. The molecule has 126 valence electrons. The molecule has 4 aromatic rings. The third-order valence-corrected chi connectivity index (χ3v) is 4.85. The maximum Gasteiger partial charge on any atom is 0.224 e. The van der Waals surface area contributed by atoms with Crippen LogP contribution in [-0.2, 0) is 5.75 Å². The van der Waals surface area contributed by atoms with Gasteiger partial charge in [-0.15, -0.1) is 11.8 Å². The van der Waals surface area contributed by atoms with Crippen LogP contribution in [0.15, 0.2) is 66.1 Å². The second kappa shape index (κ2) is 7.25. The molecule has 6 nitrogen and oxygen atoms in total. The van der Waals surface area contributed by atoms with E-state index >= 15 is 0 Å². The largest absolute Gasteiger partial charge is 0.344 e. The first-order valence-corrected chi connectivity index (χ1v) is 8.91. The number of aromatic amines is 1. The maximum absolute atomic E-state index is 6.96. The number of aromatic nitrogens is 4. The van der Waals surface area contributed by atoms with E-state index in [-0.39, 0.29) is 0 Å². The first-order valence-electron chi connectivity index (χ1n) is 7.92. The van der Waals surface area contributed by atoms with E-state index in [2.05, 4.69) is 42.2 Å². The lowest BCUT2D eigenvalue weighted by molar-refractivity contribution is 1.17. The van der Waals surface area contributed by atoms with Gasteiger partial charge in [0.2, 0.25) is 11.6 Å². The summed E-state index contributed by atoms with van der Waals surface area (Å²) in [4.78, 5) is 20.3. The third-order valence-electron chi connectivity index (χ3n) is 3.75. The van der Waals surface area contributed by atoms with Gasteiger partial charge in [0.1, 0.15) is 5.52 Å². The van der Waals surface area contributed by atoms with E-state index in [1.54, 1.807) is 18.1 Å². The van der Waals surface area contributed by atoms with Crippen molar-refractivity contribution in [1.29, 1.82) is 0 Å². The van der Waals surface area contributed by atoms with Crippen molar-refractivity contribution >= 4 is 40.1 Å². The molecule has 0 unspecified atom stereocenters. The van der Waals surface area contributed by atoms with Gasteiger partial charge in [-0.2, -0.15) is 0 Å². The molecule has 0 bridgehead atoms. The highest BCUT2D eigenvalue weighted by atomic mass is 32.2. The zero-order valence-corrected chi connectivity index (χ0v) is 14.5. The van der Waals surface area contributed by atoms with Crippen LogP contribution in [0.2, 0.25) is 0 Å². The monoisotopic (exact) mass is 358 g/mol. The van der Waals surface area contributed by atoms with Crippen LogP contribution in [0.3, 0.4) is 0 Å². The summed E-state index contributed by atoms with van der Waals surface area (Å²) < 4.78 is 0. The number of hydrogen-bond acceptors (Lipinski definition) is 5. The number of fused-ring (bicyclic) bond motifs is 1. The molecule has 0 saturated heterocycles. The van der Waals surface area contributed by atoms with Crippen LogP contribution in [0.5, 0.6) is 0 Å². The molecule has 0 amide bonds. The lowest BCUT2D eigenvalue weighted by Crippen LogP contribution is -1.96. The summed E-state index contributed by atoms with van der Waals surface area (Å²) in [5.74, 6) is 1.32. The molecule has 0 atom stereocenters. The van der Waals surface area contributed by atoms with Crippen molar-refractivity contribution in [3.8, 4) is 0 Å². The van der Waals surface area contributed by atoms with Crippen LogP contribution in [0.4, 0.5) is 17.3 Å². The van der Waals surface area contributed by atoms with Gasteiger partial charge in [0.05, 0.1) is 18.4 Å². The molecule has 2 aromatic heterocycles. The van der Waals surface area contributed by atoms with Crippen molar-refractivity contribution in [2.45, 2.75) is 10.6 Å². The van der Waals surface area contributed by atoms with Gasteiger partial charge in [-0.05, 0) is 17.7 Å². The molecular formula is C19H14N6S. The van der Waals surface area contributed by atoms with Crippen molar-refractivity contribution in [3.05, 3.63) is 78.2 Å². The Hall–Kier alpha value is -3.37. The molecule has 26 heavy (non-hydrogen) atoms. The normalized spacial score (nSPS) is 10.6. The lowest BCUT2D eigenvalue weighted by Gasteiger charge is -2.08. The molecule has 0 aliphatic rings. The molecule has 2 heterocycles. The zero-order valence-electron chi connectivity index (χ0n) is 13.7. The minimum Gasteiger partial charge on any atom is -0.344 e. The van der Waals surface area contributed by atoms with Crippen LogP contribution >= 0.6 is 11.8 Å². The van der Waals surface area contributed by atoms with E-state index in [1.165, 1.54) is 18.0 Å². The number of anilines is 2. The van der Waals surface area contributed by atoms with Gasteiger partial charge in [-0.1, -0.05) is 30.3 Å². The van der Waals surface area contributed by atoms with Crippen LogP contribution in [-0.4, -0.2) is 19.9 Å². The Morgan fingerprint density at radius 1 is 1.08 bits per heavy atom. The second-order valence-electron chi connectivity index (χ2n) is 5.55. The van der Waals surface area contributed by atoms with E-state index in [9.17, 15) is 0 Å². The summed E-state index contributed by atoms with van der Waals surface area (Å²) in [5, 5.41) is 3.19. The molecule has 2 aromatic carbocycles. The van der Waals surface area contributed by atoms with E-state index < -0.39 is 0 Å². The molecule has 0 radical (unpaired) electrons. The highest BCUT2D eigenvalue weighted by Crippen LogP contribution is 2.32. The van der Waals surface area contributed by atoms with Crippen molar-refractivity contribution < 1.29 is 0 Å². The summed E-state index contributed by atoms with van der Waals surface area (Å²) in [6.07, 6.45) is 4.70. The fourth-order valence-corrected chi connectivity index (χ4v) is 3.53. The number of H-pyrrole nitrogens is 1. The second-order valence-corrected chi connectivity index (χ2v) is 6.57. The van der Waals surface area contributed by atoms with Crippen molar-refractivity contribution in [2.24, 2.45) is 0 Å². The van der Waals surface area contributed by atoms with Gasteiger partial charge in [0.15, 0.2) is 0 Å². The molecule has 0 aliphatic heterocycles. The highest BCUT2D eigenvalue weighted by molar-refractivity contribution is 7.98. The first kappa shape index (κ1) is 16.1. The molecule has 0 aliphatic carbocycles. The van der Waals surface area contributed by atoms with E-state index in [0.29, 0.717) is 11.6 Å². The van der Waals surface area contributed by atoms with Gasteiger partial charge < -0.3 is 10.3 Å². The number of nitrogens with one attached hydrogen (secondary N) is 2. The zero-order chi connectivity index (χ0) is 17.8. The fourth-order valence-electron chi connectivity index (χ4n) is 2.51. The SMILES string of the molecule is [C-]#[N+]c1cnc(Nc2cc(SCc3ccccc3)c3nc[nH]c3c2)nc1. The predicted octanol–water partition coefficient (Wildman–Crippen LogP) is 4.94. The topological polar surface area (TPSA) is 70.8 Å². The molecule has 7 heteroatoms. The summed E-state index contributed by atoms with van der Waals surface area (Å²) in [6, 6.07) is 14.4. The fraction of sp³-hybridized carbons (Fsp3) is 0.0526. The van der Waals surface area contributed by atoms with Gasteiger partial charge in [0, 0.05) is 28.7 Å². The molecule has 2 N–H and O–H groups in total. The molecule has 0 saturated carbocycles. The number of thioether (sulfide) groups is 1. The standard InChI is InChI=1S/C19H14N6S/c1-20-15-9-21-19(22-10-15)25-14-7-16-18(24-12-23-16)17(8-14)26-11-13-5-3-2-4-6-13/h2-10,12H,11H2,(H,23,24)(H,21,22,25). The number of imidazole rings is 1. The number of rotatable bonds is 5. The molecule has 0 fully saturated rings. The average molecular weight is 358 g/mol. The Labute approximate surface area is 154 Å². The van der Waals surface area contributed by atoms with Crippen LogP contribution in [0.25, 0.3) is 15.9 Å². The summed E-state index contributed by atoms with van der Waals surface area (Å²) >= 11 is 1.74. The Kier molecular flexibility index (Phi) is 4.50. The minimum absolute atomic E-state index is 0.415. The smallest absolute Gasteiger partial charge is 0.224 e. The predicted molar refractivity (Wildman–Crippen MR) is 104 cm³/mol. The van der Waals surface area contributed by atoms with Crippen molar-refractivity contribution in [1.82, 2.24) is 19.9 Å². The van der Waals surface area contributed by atoms with Gasteiger partial charge in [-0.3, -0.25) is 0 Å². The van der Waals surface area contributed by atoms with Crippen LogP contribution < -0.4 is 5.32 Å². The van der Waals surface area contributed by atoms with Crippen LogP contribution in [0, 0.1) is 6.57 Å². The lowest BCUT2D eigenvalue weighted by atomic mass is 10.2. The first-order chi connectivity index (χ1) is 12.8. The number of benzene rings is 2. The average Bonchev–Trinajstić information content (AvgIpc) is 3.16. The molecule has 4 rings (SSSR count). The Morgan fingerprint density at radius 2 is 1.88 bits per heavy atom. The molecule has 0 spiro atoms.